The summed E-state index contributed by atoms with van der Waals surface area (Å²) in [4.78, 5) is 6.73. The van der Waals surface area contributed by atoms with Crippen LogP contribution in [0, 0.1) is 11.3 Å². The van der Waals surface area contributed by atoms with Crippen molar-refractivity contribution < 1.29 is 4.74 Å². The monoisotopic (exact) mass is 468 g/mol. The quantitative estimate of drug-likeness (QED) is 0.391. The normalized spacial score (nSPS) is 16.3. The Labute approximate surface area is 206 Å². The van der Waals surface area contributed by atoms with E-state index in [-0.39, 0.29) is 0 Å². The Morgan fingerprint density at radius 2 is 1.77 bits per heavy atom. The number of nitrogens with zero attached hydrogens (tertiary/aromatic N) is 6. The molecule has 0 atom stereocenters. The van der Waals surface area contributed by atoms with Crippen molar-refractivity contribution in [1.82, 2.24) is 24.1 Å². The number of aromatic nitrogens is 4. The molecule has 0 unspecified atom stereocenters. The van der Waals surface area contributed by atoms with E-state index in [9.17, 15) is 0 Å². The summed E-state index contributed by atoms with van der Waals surface area (Å²) < 4.78 is 9.75. The number of ether oxygens (including phenoxy) is 1. The molecule has 4 heterocycles. The molecule has 180 valence electrons. The third kappa shape index (κ3) is 4.80. The molecular weight excluding hydrogens is 436 g/mol. The number of fused-ring (bicyclic) bond motifs is 1. The molecule has 1 saturated carbocycles. The fourth-order valence-corrected chi connectivity index (χ4v) is 4.82. The third-order valence-corrected chi connectivity index (χ3v) is 7.11. The molecule has 1 saturated heterocycles. The van der Waals surface area contributed by atoms with Crippen molar-refractivity contribution in [2.75, 3.05) is 27.2 Å². The first-order valence-corrected chi connectivity index (χ1v) is 12.4. The largest absolute Gasteiger partial charge is 0.494 e. The maximum Gasteiger partial charge on any atom is 0.145 e. The Morgan fingerprint density at radius 1 is 1.00 bits per heavy atom. The minimum Gasteiger partial charge on any atom is -0.494 e. The molecule has 0 bridgehead atoms. The van der Waals surface area contributed by atoms with Gasteiger partial charge >= 0.3 is 0 Å². The number of benzene rings is 1. The van der Waals surface area contributed by atoms with Crippen LogP contribution in [0.2, 0.25) is 0 Å². The third-order valence-electron chi connectivity index (χ3n) is 7.11. The first kappa shape index (κ1) is 23.1. The van der Waals surface area contributed by atoms with E-state index in [0.29, 0.717) is 11.6 Å². The molecule has 0 amide bonds. The highest BCUT2D eigenvalue weighted by Gasteiger charge is 2.22. The number of piperidine rings is 1. The van der Waals surface area contributed by atoms with Crippen molar-refractivity contribution in [3.05, 3.63) is 60.8 Å². The predicted molar refractivity (Wildman–Crippen MR) is 137 cm³/mol. The molecule has 35 heavy (non-hydrogen) atoms. The second-order valence-electron chi connectivity index (χ2n) is 9.47. The van der Waals surface area contributed by atoms with E-state index in [4.69, 9.17) is 10.00 Å². The lowest BCUT2D eigenvalue weighted by molar-refractivity contribution is 0.277. The molecule has 7 nitrogen and oxygen atoms in total. The van der Waals surface area contributed by atoms with Gasteiger partial charge in [0.25, 0.3) is 0 Å². The van der Waals surface area contributed by atoms with Crippen molar-refractivity contribution in [2.24, 2.45) is 0 Å². The number of methoxy groups -OCH3 is 1. The van der Waals surface area contributed by atoms with Gasteiger partial charge in [-0.3, -0.25) is 9.08 Å². The lowest BCUT2D eigenvalue weighted by Crippen LogP contribution is -2.24. The van der Waals surface area contributed by atoms with Crippen LogP contribution in [-0.2, 0) is 0 Å². The van der Waals surface area contributed by atoms with E-state index in [0.717, 1.165) is 33.7 Å². The topological polar surface area (TPSA) is 71.4 Å². The van der Waals surface area contributed by atoms with Crippen LogP contribution in [-0.4, -0.2) is 51.3 Å². The van der Waals surface area contributed by atoms with Gasteiger partial charge in [0.05, 0.1) is 49.2 Å². The van der Waals surface area contributed by atoms with Crippen LogP contribution in [0.4, 0.5) is 0 Å². The highest BCUT2D eigenvalue weighted by Crippen LogP contribution is 2.39. The molecule has 1 aliphatic carbocycles. The van der Waals surface area contributed by atoms with Gasteiger partial charge in [-0.1, -0.05) is 18.6 Å². The number of nitriles is 1. The number of pyridine rings is 1. The zero-order valence-corrected chi connectivity index (χ0v) is 20.5. The van der Waals surface area contributed by atoms with Crippen LogP contribution >= 0.6 is 0 Å². The molecule has 2 aliphatic rings. The molecule has 4 aromatic rings. The van der Waals surface area contributed by atoms with Gasteiger partial charge in [0.1, 0.15) is 11.3 Å². The van der Waals surface area contributed by atoms with E-state index in [2.05, 4.69) is 43.4 Å². The Balaban J connectivity index is 0.000000313. The van der Waals surface area contributed by atoms with Gasteiger partial charge in [-0.2, -0.15) is 10.4 Å². The van der Waals surface area contributed by atoms with Gasteiger partial charge in [0, 0.05) is 17.3 Å². The fraction of sp³-hybridized carbons (Fsp3) is 0.393. The second-order valence-corrected chi connectivity index (χ2v) is 9.47. The zero-order chi connectivity index (χ0) is 24.2. The Bertz CT molecular complexity index is 1320. The van der Waals surface area contributed by atoms with Crippen LogP contribution in [0.15, 0.2) is 55.2 Å². The van der Waals surface area contributed by atoms with Crippen molar-refractivity contribution in [1.29, 1.82) is 5.26 Å². The van der Waals surface area contributed by atoms with Gasteiger partial charge < -0.3 is 9.64 Å². The van der Waals surface area contributed by atoms with Crippen LogP contribution in [0.1, 0.15) is 50.1 Å². The van der Waals surface area contributed by atoms with E-state index in [1.165, 1.54) is 51.6 Å². The minimum absolute atomic E-state index is 0.503. The van der Waals surface area contributed by atoms with Gasteiger partial charge in [0.2, 0.25) is 0 Å². The van der Waals surface area contributed by atoms with Crippen molar-refractivity contribution >= 4 is 5.52 Å². The van der Waals surface area contributed by atoms with E-state index >= 15 is 0 Å². The molecule has 1 aromatic carbocycles. The predicted octanol–water partition coefficient (Wildman–Crippen LogP) is 5.57. The van der Waals surface area contributed by atoms with Gasteiger partial charge in [-0.15, -0.1) is 0 Å². The number of hydrogen-bond acceptors (Lipinski definition) is 5. The van der Waals surface area contributed by atoms with Crippen LogP contribution in [0.5, 0.6) is 5.75 Å². The summed E-state index contributed by atoms with van der Waals surface area (Å²) in [6.45, 7) is 2.64. The standard InChI is InChI=1S/C22H19N5O.C6H13N/c1-28-21-9-19(16-7-5-15(10-23)6-8-16)22(26-14-24-12-20(21)26)17-11-25-27(13-17)18-3-2-4-18;1-7-5-3-2-4-6-7/h5-9,11-14,18H,2-4H2,1H3;2-6H2,1H3. The summed E-state index contributed by atoms with van der Waals surface area (Å²) in [6, 6.07) is 12.3. The smallest absolute Gasteiger partial charge is 0.145 e. The molecular formula is C28H32N6O. The minimum atomic E-state index is 0.503. The number of hydrogen-bond donors (Lipinski definition) is 0. The molecule has 0 spiro atoms. The van der Waals surface area contributed by atoms with Gasteiger partial charge in [-0.05, 0) is 76.0 Å². The first-order valence-electron chi connectivity index (χ1n) is 12.4. The van der Waals surface area contributed by atoms with Crippen molar-refractivity contribution in [2.45, 2.75) is 44.6 Å². The van der Waals surface area contributed by atoms with Crippen molar-refractivity contribution in [3.8, 4) is 34.2 Å². The van der Waals surface area contributed by atoms with Crippen molar-refractivity contribution in [3.63, 3.8) is 0 Å². The van der Waals surface area contributed by atoms with Crippen LogP contribution in [0.25, 0.3) is 27.9 Å². The fourth-order valence-electron chi connectivity index (χ4n) is 4.82. The highest BCUT2D eigenvalue weighted by atomic mass is 16.5. The summed E-state index contributed by atoms with van der Waals surface area (Å²) in [5.41, 5.74) is 5.63. The summed E-state index contributed by atoms with van der Waals surface area (Å²) in [6.07, 6.45) is 15.6. The molecule has 2 fully saturated rings. The summed E-state index contributed by atoms with van der Waals surface area (Å²) in [5, 5.41) is 13.7. The average molecular weight is 469 g/mol. The Morgan fingerprint density at radius 3 is 2.37 bits per heavy atom. The highest BCUT2D eigenvalue weighted by molar-refractivity contribution is 5.85. The van der Waals surface area contributed by atoms with E-state index in [1.54, 1.807) is 19.6 Å². The molecule has 0 N–H and O–H groups in total. The number of likely N-dealkylation sites (tertiary alicyclic amines) is 1. The molecule has 7 heteroatoms. The van der Waals surface area contributed by atoms with Crippen LogP contribution < -0.4 is 4.74 Å². The first-order chi connectivity index (χ1) is 17.2. The summed E-state index contributed by atoms with van der Waals surface area (Å²) in [7, 11) is 3.86. The SMILES string of the molecule is CN1CCCCC1.COc1cc(-c2ccc(C#N)cc2)c(-c2cnn(C3CCC3)c2)n2cncc12. The number of imidazole rings is 1. The molecule has 1 aliphatic heterocycles. The second kappa shape index (κ2) is 10.3. The Hall–Kier alpha value is -3.63. The number of rotatable bonds is 4. The average Bonchev–Trinajstić information content (AvgIpc) is 3.53. The molecule has 3 aromatic heterocycles. The van der Waals surface area contributed by atoms with Gasteiger partial charge in [-0.25, -0.2) is 4.98 Å². The Kier molecular flexibility index (Phi) is 6.82. The van der Waals surface area contributed by atoms with Crippen LogP contribution in [0.3, 0.4) is 0 Å². The molecule has 0 radical (unpaired) electrons. The lowest BCUT2D eigenvalue weighted by Gasteiger charge is -2.25. The summed E-state index contributed by atoms with van der Waals surface area (Å²) in [5.74, 6) is 0.756. The zero-order valence-electron chi connectivity index (χ0n) is 20.5. The summed E-state index contributed by atoms with van der Waals surface area (Å²) >= 11 is 0. The molecule has 6 rings (SSSR count). The lowest BCUT2D eigenvalue weighted by atomic mass is 9.93. The van der Waals surface area contributed by atoms with E-state index < -0.39 is 0 Å². The van der Waals surface area contributed by atoms with E-state index in [1.807, 2.05) is 36.5 Å². The van der Waals surface area contributed by atoms with Gasteiger partial charge in [0.15, 0.2) is 0 Å². The maximum absolute atomic E-state index is 9.12. The maximum atomic E-state index is 9.12.